The van der Waals surface area contributed by atoms with Crippen molar-refractivity contribution in [2.45, 2.75) is 42.7 Å². The van der Waals surface area contributed by atoms with E-state index in [0.29, 0.717) is 11.4 Å². The van der Waals surface area contributed by atoms with Gasteiger partial charge in [0.2, 0.25) is 5.91 Å². The molecule has 2 N–H and O–H groups in total. The minimum absolute atomic E-state index is 0.134. The number of rotatable bonds is 7. The zero-order chi connectivity index (χ0) is 22.6. The number of nitrogens with one attached hydrogen (secondary N) is 2. The van der Waals surface area contributed by atoms with E-state index >= 15 is 0 Å². The molecule has 0 radical (unpaired) electrons. The first-order valence-corrected chi connectivity index (χ1v) is 12.3. The van der Waals surface area contributed by atoms with Gasteiger partial charge in [0.1, 0.15) is 0 Å². The Morgan fingerprint density at radius 3 is 2.03 bits per heavy atom. The Hall–Kier alpha value is -2.77. The van der Waals surface area contributed by atoms with E-state index in [0.717, 1.165) is 16.0 Å². The number of benzene rings is 3. The van der Waals surface area contributed by atoms with Gasteiger partial charge in [0, 0.05) is 10.6 Å². The first-order valence-electron chi connectivity index (χ1n) is 9.89. The lowest BCUT2D eigenvalue weighted by Crippen LogP contribution is -2.22. The molecule has 3 aromatic rings. The molecule has 7 heteroatoms. The van der Waals surface area contributed by atoms with Crippen LogP contribution in [0.2, 0.25) is 0 Å². The number of sulfonamides is 1. The van der Waals surface area contributed by atoms with Gasteiger partial charge in [-0.1, -0.05) is 35.9 Å². The van der Waals surface area contributed by atoms with Gasteiger partial charge >= 0.3 is 0 Å². The van der Waals surface area contributed by atoms with Crippen LogP contribution in [-0.4, -0.2) is 19.6 Å². The minimum atomic E-state index is -3.73. The molecule has 1 amide bonds. The van der Waals surface area contributed by atoms with Gasteiger partial charge in [0.05, 0.1) is 15.8 Å². The summed E-state index contributed by atoms with van der Waals surface area (Å²) >= 11 is 1.47. The van der Waals surface area contributed by atoms with Crippen molar-refractivity contribution in [3.05, 3.63) is 83.4 Å². The van der Waals surface area contributed by atoms with Crippen LogP contribution in [0.15, 0.2) is 76.5 Å². The fourth-order valence-electron chi connectivity index (χ4n) is 3.00. The molecular formula is C24H26N2O3S2. The molecule has 0 unspecified atom stereocenters. The highest BCUT2D eigenvalue weighted by molar-refractivity contribution is 8.00. The van der Waals surface area contributed by atoms with Crippen molar-refractivity contribution in [1.29, 1.82) is 0 Å². The molecule has 0 aromatic heterocycles. The molecule has 3 rings (SSSR count). The largest absolute Gasteiger partial charge is 0.325 e. The monoisotopic (exact) mass is 454 g/mol. The van der Waals surface area contributed by atoms with Crippen LogP contribution in [0, 0.1) is 20.8 Å². The second-order valence-corrected chi connectivity index (χ2v) is 10.6. The summed E-state index contributed by atoms with van der Waals surface area (Å²) in [6, 6.07) is 19.8. The molecule has 0 fully saturated rings. The molecule has 0 heterocycles. The Balaban J connectivity index is 1.66. The van der Waals surface area contributed by atoms with E-state index in [4.69, 9.17) is 0 Å². The summed E-state index contributed by atoms with van der Waals surface area (Å²) in [5.41, 5.74) is 4.01. The van der Waals surface area contributed by atoms with Gasteiger partial charge in [-0.15, -0.1) is 11.8 Å². The number of para-hydroxylation sites is 1. The molecule has 3 aromatic carbocycles. The fraction of sp³-hybridized carbons (Fsp3) is 0.208. The van der Waals surface area contributed by atoms with Gasteiger partial charge in [-0.05, 0) is 75.2 Å². The Kier molecular flexibility index (Phi) is 7.08. The number of aryl methyl sites for hydroxylation is 3. The molecule has 0 saturated heterocycles. The van der Waals surface area contributed by atoms with Crippen molar-refractivity contribution in [2.24, 2.45) is 0 Å². The third kappa shape index (κ3) is 5.89. The number of anilines is 2. The highest BCUT2D eigenvalue weighted by atomic mass is 32.2. The van der Waals surface area contributed by atoms with E-state index in [1.807, 2.05) is 70.2 Å². The SMILES string of the molecule is Cc1ccc(S[C@H](C)C(=O)Nc2ccc(S(=O)(=O)Nc3c(C)cccc3C)cc2)cc1. The predicted octanol–water partition coefficient (Wildman–Crippen LogP) is 5.53. The standard InChI is InChI=1S/C24H26N2O3S2/c1-16-8-12-21(13-9-16)30-19(4)24(27)25-20-10-14-22(15-11-20)31(28,29)26-23-17(2)6-5-7-18(23)3/h5-15,19,26H,1-4H3,(H,25,27)/t19-/m1/s1. The normalized spacial score (nSPS) is 12.3. The first kappa shape index (κ1) is 22.9. The lowest BCUT2D eigenvalue weighted by molar-refractivity contribution is -0.115. The maximum Gasteiger partial charge on any atom is 0.261 e. The second kappa shape index (κ2) is 9.58. The van der Waals surface area contributed by atoms with Crippen LogP contribution in [-0.2, 0) is 14.8 Å². The molecule has 1 atom stereocenters. The summed E-state index contributed by atoms with van der Waals surface area (Å²) in [5, 5.41) is 2.55. The van der Waals surface area contributed by atoms with Crippen LogP contribution >= 0.6 is 11.8 Å². The predicted molar refractivity (Wildman–Crippen MR) is 128 cm³/mol. The van der Waals surface area contributed by atoms with Crippen LogP contribution < -0.4 is 10.0 Å². The van der Waals surface area contributed by atoms with Crippen LogP contribution in [0.4, 0.5) is 11.4 Å². The van der Waals surface area contributed by atoms with Crippen molar-refractivity contribution in [2.75, 3.05) is 10.0 Å². The summed E-state index contributed by atoms with van der Waals surface area (Å²) < 4.78 is 28.2. The number of hydrogen-bond acceptors (Lipinski definition) is 4. The quantitative estimate of drug-likeness (QED) is 0.460. The van der Waals surface area contributed by atoms with Gasteiger partial charge in [0.15, 0.2) is 0 Å². The van der Waals surface area contributed by atoms with E-state index in [2.05, 4.69) is 10.0 Å². The molecule has 0 bridgehead atoms. The first-order chi connectivity index (χ1) is 14.7. The van der Waals surface area contributed by atoms with Gasteiger partial charge in [-0.25, -0.2) is 8.42 Å². The van der Waals surface area contributed by atoms with Gasteiger partial charge in [-0.2, -0.15) is 0 Å². The number of carbonyl (C=O) groups excluding carboxylic acids is 1. The summed E-state index contributed by atoms with van der Waals surface area (Å²) in [6.07, 6.45) is 0. The Bertz CT molecular complexity index is 1150. The van der Waals surface area contributed by atoms with Gasteiger partial charge in [-0.3, -0.25) is 9.52 Å². The van der Waals surface area contributed by atoms with Crippen molar-refractivity contribution in [1.82, 2.24) is 0 Å². The summed E-state index contributed by atoms with van der Waals surface area (Å²) in [4.78, 5) is 13.7. The summed E-state index contributed by atoms with van der Waals surface area (Å²) in [7, 11) is -3.73. The van der Waals surface area contributed by atoms with Crippen molar-refractivity contribution in [3.63, 3.8) is 0 Å². The lowest BCUT2D eigenvalue weighted by atomic mass is 10.1. The molecule has 162 valence electrons. The Morgan fingerprint density at radius 2 is 1.45 bits per heavy atom. The van der Waals surface area contributed by atoms with Crippen LogP contribution in [0.3, 0.4) is 0 Å². The fourth-order valence-corrected chi connectivity index (χ4v) is 5.07. The van der Waals surface area contributed by atoms with Gasteiger partial charge in [0.25, 0.3) is 10.0 Å². The lowest BCUT2D eigenvalue weighted by Gasteiger charge is -2.14. The molecule has 31 heavy (non-hydrogen) atoms. The third-order valence-electron chi connectivity index (χ3n) is 4.85. The Morgan fingerprint density at radius 1 is 0.871 bits per heavy atom. The maximum absolute atomic E-state index is 12.8. The highest BCUT2D eigenvalue weighted by Gasteiger charge is 2.18. The van der Waals surface area contributed by atoms with Crippen LogP contribution in [0.5, 0.6) is 0 Å². The third-order valence-corrected chi connectivity index (χ3v) is 7.33. The second-order valence-electron chi connectivity index (χ2n) is 7.46. The molecule has 0 aliphatic heterocycles. The van der Waals surface area contributed by atoms with Crippen molar-refractivity contribution in [3.8, 4) is 0 Å². The van der Waals surface area contributed by atoms with Gasteiger partial charge < -0.3 is 5.32 Å². The molecule has 0 aliphatic rings. The molecule has 0 spiro atoms. The van der Waals surface area contributed by atoms with Crippen molar-refractivity contribution >= 4 is 39.1 Å². The zero-order valence-electron chi connectivity index (χ0n) is 18.0. The van der Waals surface area contributed by atoms with E-state index in [1.54, 1.807) is 12.1 Å². The van der Waals surface area contributed by atoms with E-state index in [1.165, 1.54) is 29.5 Å². The van der Waals surface area contributed by atoms with Crippen LogP contribution in [0.25, 0.3) is 0 Å². The average molecular weight is 455 g/mol. The van der Waals surface area contributed by atoms with E-state index in [9.17, 15) is 13.2 Å². The average Bonchev–Trinajstić information content (AvgIpc) is 2.73. The smallest absolute Gasteiger partial charge is 0.261 e. The Labute approximate surface area is 188 Å². The zero-order valence-corrected chi connectivity index (χ0v) is 19.6. The maximum atomic E-state index is 12.8. The number of hydrogen-bond donors (Lipinski definition) is 2. The van der Waals surface area contributed by atoms with Crippen LogP contribution in [0.1, 0.15) is 23.6 Å². The molecule has 0 aliphatic carbocycles. The van der Waals surface area contributed by atoms with Crippen molar-refractivity contribution < 1.29 is 13.2 Å². The number of carbonyl (C=O) groups is 1. The minimum Gasteiger partial charge on any atom is -0.325 e. The highest BCUT2D eigenvalue weighted by Crippen LogP contribution is 2.26. The number of amides is 1. The van der Waals surface area contributed by atoms with E-state index in [-0.39, 0.29) is 16.1 Å². The molecular weight excluding hydrogens is 428 g/mol. The topological polar surface area (TPSA) is 75.3 Å². The number of thioether (sulfide) groups is 1. The summed E-state index contributed by atoms with van der Waals surface area (Å²) in [5.74, 6) is -0.144. The molecule has 0 saturated carbocycles. The van der Waals surface area contributed by atoms with E-state index < -0.39 is 10.0 Å². The summed E-state index contributed by atoms with van der Waals surface area (Å²) in [6.45, 7) is 7.58. The molecule has 5 nitrogen and oxygen atoms in total.